The van der Waals surface area contributed by atoms with Crippen LogP contribution in [-0.2, 0) is 6.54 Å². The molecule has 0 radical (unpaired) electrons. The maximum atomic E-state index is 5.36. The van der Waals surface area contributed by atoms with Gasteiger partial charge in [-0.15, -0.1) is 0 Å². The van der Waals surface area contributed by atoms with Gasteiger partial charge >= 0.3 is 0 Å². The van der Waals surface area contributed by atoms with Crippen molar-refractivity contribution in [1.82, 2.24) is 9.97 Å². The lowest BCUT2D eigenvalue weighted by Gasteiger charge is -2.01. The van der Waals surface area contributed by atoms with Gasteiger partial charge in [0.05, 0.1) is 18.5 Å². The Morgan fingerprint density at radius 3 is 3.00 bits per heavy atom. The summed E-state index contributed by atoms with van der Waals surface area (Å²) in [6.07, 6.45) is 3.20. The summed E-state index contributed by atoms with van der Waals surface area (Å²) < 4.78 is 5.12. The number of hydrogen-bond donors (Lipinski definition) is 1. The van der Waals surface area contributed by atoms with Gasteiger partial charge in [0.1, 0.15) is 0 Å². The van der Waals surface area contributed by atoms with Gasteiger partial charge in [-0.05, 0) is 6.92 Å². The monoisotopic (exact) mass is 153 g/mol. The zero-order chi connectivity index (χ0) is 8.10. The van der Waals surface area contributed by atoms with Crippen molar-refractivity contribution in [3.8, 4) is 5.88 Å². The molecule has 1 heterocycles. The van der Waals surface area contributed by atoms with Gasteiger partial charge in [-0.1, -0.05) is 0 Å². The molecule has 11 heavy (non-hydrogen) atoms. The Morgan fingerprint density at radius 1 is 1.55 bits per heavy atom. The molecular weight excluding hydrogens is 142 g/mol. The first kappa shape index (κ1) is 7.94. The highest BCUT2D eigenvalue weighted by atomic mass is 16.5. The summed E-state index contributed by atoms with van der Waals surface area (Å²) in [6.45, 7) is 2.90. The number of rotatable bonds is 3. The number of nitrogens with two attached hydrogens (primary N) is 1. The van der Waals surface area contributed by atoms with Crippen LogP contribution in [0.3, 0.4) is 0 Å². The molecule has 0 spiro atoms. The van der Waals surface area contributed by atoms with Crippen LogP contribution in [0, 0.1) is 0 Å². The minimum atomic E-state index is 0.397. The van der Waals surface area contributed by atoms with E-state index in [0.717, 1.165) is 5.69 Å². The highest BCUT2D eigenvalue weighted by Crippen LogP contribution is 2.03. The molecule has 0 aliphatic rings. The lowest BCUT2D eigenvalue weighted by Crippen LogP contribution is -2.02. The van der Waals surface area contributed by atoms with Crippen molar-refractivity contribution in [3.63, 3.8) is 0 Å². The summed E-state index contributed by atoms with van der Waals surface area (Å²) in [7, 11) is 0. The first-order valence-corrected chi connectivity index (χ1v) is 3.50. The Kier molecular flexibility index (Phi) is 2.80. The van der Waals surface area contributed by atoms with Gasteiger partial charge < -0.3 is 10.5 Å². The summed E-state index contributed by atoms with van der Waals surface area (Å²) >= 11 is 0. The topological polar surface area (TPSA) is 61.0 Å². The van der Waals surface area contributed by atoms with Crippen molar-refractivity contribution in [2.45, 2.75) is 13.5 Å². The smallest absolute Gasteiger partial charge is 0.232 e. The third kappa shape index (κ3) is 2.16. The second-order valence-electron chi connectivity index (χ2n) is 1.99. The molecule has 2 N–H and O–H groups in total. The van der Waals surface area contributed by atoms with Gasteiger partial charge in [-0.25, -0.2) is 4.98 Å². The van der Waals surface area contributed by atoms with Crippen LogP contribution in [-0.4, -0.2) is 16.6 Å². The zero-order valence-electron chi connectivity index (χ0n) is 6.45. The van der Waals surface area contributed by atoms with Gasteiger partial charge in [0.2, 0.25) is 5.88 Å². The molecular formula is C7H11N3O. The minimum Gasteiger partial charge on any atom is -0.477 e. The van der Waals surface area contributed by atoms with Gasteiger partial charge in [0, 0.05) is 12.7 Å². The Morgan fingerprint density at radius 2 is 2.36 bits per heavy atom. The fraction of sp³-hybridized carbons (Fsp3) is 0.429. The lowest BCUT2D eigenvalue weighted by atomic mass is 10.5. The van der Waals surface area contributed by atoms with Crippen molar-refractivity contribution in [2.24, 2.45) is 5.73 Å². The molecule has 0 aromatic carbocycles. The molecule has 60 valence electrons. The van der Waals surface area contributed by atoms with Crippen LogP contribution < -0.4 is 10.5 Å². The SMILES string of the molecule is CCOc1cncc(CN)n1. The van der Waals surface area contributed by atoms with Crippen molar-refractivity contribution >= 4 is 0 Å². The molecule has 1 aromatic heterocycles. The van der Waals surface area contributed by atoms with Crippen molar-refractivity contribution < 1.29 is 4.74 Å². The highest BCUT2D eigenvalue weighted by Gasteiger charge is 1.95. The molecule has 0 bridgehead atoms. The van der Waals surface area contributed by atoms with Crippen LogP contribution in [0.25, 0.3) is 0 Å². The Bertz CT molecular complexity index is 227. The molecule has 0 saturated carbocycles. The van der Waals surface area contributed by atoms with E-state index in [4.69, 9.17) is 10.5 Å². The molecule has 0 unspecified atom stereocenters. The third-order valence-electron chi connectivity index (χ3n) is 1.16. The van der Waals surface area contributed by atoms with E-state index in [0.29, 0.717) is 19.0 Å². The molecule has 1 rings (SSSR count). The Hall–Kier alpha value is -1.16. The van der Waals surface area contributed by atoms with Crippen LogP contribution in [0.4, 0.5) is 0 Å². The van der Waals surface area contributed by atoms with Crippen molar-refractivity contribution in [1.29, 1.82) is 0 Å². The zero-order valence-corrected chi connectivity index (χ0v) is 6.45. The molecule has 1 aromatic rings. The summed E-state index contributed by atoms with van der Waals surface area (Å²) in [5.41, 5.74) is 6.10. The second kappa shape index (κ2) is 3.88. The Labute approximate surface area is 65.4 Å². The molecule has 0 saturated heterocycles. The first-order chi connectivity index (χ1) is 5.36. The van der Waals surface area contributed by atoms with E-state index in [-0.39, 0.29) is 0 Å². The van der Waals surface area contributed by atoms with Crippen LogP contribution in [0.2, 0.25) is 0 Å². The summed E-state index contributed by atoms with van der Waals surface area (Å²) in [6, 6.07) is 0. The van der Waals surface area contributed by atoms with E-state index < -0.39 is 0 Å². The maximum Gasteiger partial charge on any atom is 0.232 e. The number of nitrogens with zero attached hydrogens (tertiary/aromatic N) is 2. The number of hydrogen-bond acceptors (Lipinski definition) is 4. The largest absolute Gasteiger partial charge is 0.477 e. The second-order valence-corrected chi connectivity index (χ2v) is 1.99. The van der Waals surface area contributed by atoms with E-state index in [1.807, 2.05) is 6.92 Å². The predicted molar refractivity (Wildman–Crippen MR) is 41.1 cm³/mol. The first-order valence-electron chi connectivity index (χ1n) is 3.50. The summed E-state index contributed by atoms with van der Waals surface area (Å²) in [5.74, 6) is 0.537. The number of aromatic nitrogens is 2. The molecule has 4 nitrogen and oxygen atoms in total. The summed E-state index contributed by atoms with van der Waals surface area (Å²) in [4.78, 5) is 7.98. The van der Waals surface area contributed by atoms with Crippen LogP contribution in [0.5, 0.6) is 5.88 Å². The lowest BCUT2D eigenvalue weighted by molar-refractivity contribution is 0.324. The fourth-order valence-electron chi connectivity index (χ4n) is 0.702. The molecule has 0 amide bonds. The molecule has 0 atom stereocenters. The standard InChI is InChI=1S/C7H11N3O/c1-2-11-7-5-9-4-6(3-8)10-7/h4-5H,2-3,8H2,1H3. The van der Waals surface area contributed by atoms with Crippen LogP contribution >= 0.6 is 0 Å². The average molecular weight is 153 g/mol. The third-order valence-corrected chi connectivity index (χ3v) is 1.16. The number of ether oxygens (including phenoxy) is 1. The fourth-order valence-corrected chi connectivity index (χ4v) is 0.702. The van der Waals surface area contributed by atoms with Gasteiger partial charge in [-0.3, -0.25) is 4.98 Å². The highest BCUT2D eigenvalue weighted by molar-refractivity contribution is 5.07. The average Bonchev–Trinajstić information content (AvgIpc) is 2.06. The Balaban J connectivity index is 2.74. The summed E-state index contributed by atoms with van der Waals surface area (Å²) in [5, 5.41) is 0. The molecule has 0 fully saturated rings. The van der Waals surface area contributed by atoms with Crippen molar-refractivity contribution in [2.75, 3.05) is 6.61 Å². The minimum absolute atomic E-state index is 0.397. The molecule has 0 aliphatic carbocycles. The maximum absolute atomic E-state index is 5.36. The van der Waals surface area contributed by atoms with Gasteiger partial charge in [0.25, 0.3) is 0 Å². The van der Waals surface area contributed by atoms with E-state index in [1.54, 1.807) is 12.4 Å². The van der Waals surface area contributed by atoms with Crippen molar-refractivity contribution in [3.05, 3.63) is 18.1 Å². The molecule has 4 heteroatoms. The van der Waals surface area contributed by atoms with Crippen LogP contribution in [0.15, 0.2) is 12.4 Å². The van der Waals surface area contributed by atoms with Gasteiger partial charge in [0.15, 0.2) is 0 Å². The quantitative estimate of drug-likeness (QED) is 0.680. The van der Waals surface area contributed by atoms with Gasteiger partial charge in [-0.2, -0.15) is 0 Å². The normalized spacial score (nSPS) is 9.64. The van der Waals surface area contributed by atoms with E-state index >= 15 is 0 Å². The van der Waals surface area contributed by atoms with E-state index in [2.05, 4.69) is 9.97 Å². The van der Waals surface area contributed by atoms with Crippen LogP contribution in [0.1, 0.15) is 12.6 Å². The predicted octanol–water partition coefficient (Wildman–Crippen LogP) is 0.334. The molecule has 0 aliphatic heterocycles. The van der Waals surface area contributed by atoms with E-state index in [1.165, 1.54) is 0 Å². The van der Waals surface area contributed by atoms with E-state index in [9.17, 15) is 0 Å².